The number of halogens is 1. The fourth-order valence-corrected chi connectivity index (χ4v) is 2.29. The number of nitrogens with zero attached hydrogens (tertiary/aromatic N) is 1. The van der Waals surface area contributed by atoms with Gasteiger partial charge < -0.3 is 4.74 Å². The number of nitrogens with one attached hydrogen (secondary N) is 1. The average molecular weight is 337 g/mol. The van der Waals surface area contributed by atoms with Gasteiger partial charge in [0.1, 0.15) is 11.5 Å². The van der Waals surface area contributed by atoms with Crippen LogP contribution in [0.5, 0.6) is 11.5 Å². The third-order valence-corrected chi connectivity index (χ3v) is 3.60. The largest absolute Gasteiger partial charge is 0.457 e. The van der Waals surface area contributed by atoms with Gasteiger partial charge in [-0.2, -0.15) is 5.10 Å². The van der Waals surface area contributed by atoms with E-state index in [2.05, 4.69) is 17.5 Å². The second-order valence-corrected chi connectivity index (χ2v) is 5.80. The molecule has 0 saturated carbocycles. The monoisotopic (exact) mass is 336 g/mol. The fraction of sp³-hybridized carbons (Fsp3) is 0.0500. The summed E-state index contributed by atoms with van der Waals surface area (Å²) in [5, 5.41) is 4.88. The summed E-state index contributed by atoms with van der Waals surface area (Å²) in [5.74, 6) is 1.61. The van der Waals surface area contributed by atoms with Crippen molar-refractivity contribution in [3.8, 4) is 11.5 Å². The minimum atomic E-state index is 0.674. The van der Waals surface area contributed by atoms with Crippen molar-refractivity contribution >= 4 is 23.5 Å². The zero-order chi connectivity index (χ0) is 16.8. The number of benzene rings is 3. The molecule has 0 heterocycles. The summed E-state index contributed by atoms with van der Waals surface area (Å²) in [4.78, 5) is 0. The Balaban J connectivity index is 1.59. The lowest BCUT2D eigenvalue weighted by molar-refractivity contribution is 0.482. The van der Waals surface area contributed by atoms with Crippen LogP contribution in [-0.4, -0.2) is 6.21 Å². The van der Waals surface area contributed by atoms with Crippen LogP contribution >= 0.6 is 11.6 Å². The smallest absolute Gasteiger partial charge is 0.127 e. The Labute approximate surface area is 146 Å². The highest BCUT2D eigenvalue weighted by Gasteiger charge is 1.97. The van der Waals surface area contributed by atoms with Gasteiger partial charge >= 0.3 is 0 Å². The van der Waals surface area contributed by atoms with Gasteiger partial charge in [0.25, 0.3) is 0 Å². The molecule has 0 bridgehead atoms. The first-order valence-corrected chi connectivity index (χ1v) is 7.96. The van der Waals surface area contributed by atoms with Gasteiger partial charge in [0.15, 0.2) is 0 Å². The van der Waals surface area contributed by atoms with Gasteiger partial charge in [0, 0.05) is 5.02 Å². The second-order valence-electron chi connectivity index (χ2n) is 5.36. The van der Waals surface area contributed by atoms with Crippen LogP contribution in [0.1, 0.15) is 11.1 Å². The van der Waals surface area contributed by atoms with Gasteiger partial charge in [0.05, 0.1) is 11.9 Å². The molecule has 0 aromatic heterocycles. The van der Waals surface area contributed by atoms with Gasteiger partial charge in [0.2, 0.25) is 0 Å². The Hall–Kier alpha value is -2.78. The van der Waals surface area contributed by atoms with Crippen molar-refractivity contribution in [2.45, 2.75) is 6.92 Å². The summed E-state index contributed by atoms with van der Waals surface area (Å²) in [6.45, 7) is 2.05. The predicted octanol–water partition coefficient (Wildman–Crippen LogP) is 5.89. The van der Waals surface area contributed by atoms with Crippen molar-refractivity contribution in [2.75, 3.05) is 5.43 Å². The maximum absolute atomic E-state index is 5.93. The topological polar surface area (TPSA) is 33.6 Å². The molecule has 3 aromatic carbocycles. The molecule has 0 aliphatic carbocycles. The molecule has 1 N–H and O–H groups in total. The standard InChI is InChI=1S/C20H17ClN2O/c1-15-5-9-19(10-6-15)24-20-11-7-16(8-12-20)14-22-23-18-4-2-3-17(21)13-18/h2-14,23H,1H3. The minimum Gasteiger partial charge on any atom is -0.457 e. The molecule has 0 unspecified atom stereocenters. The molecule has 0 saturated heterocycles. The number of ether oxygens (including phenoxy) is 1. The second kappa shape index (κ2) is 7.66. The van der Waals surface area contributed by atoms with E-state index in [1.54, 1.807) is 6.21 Å². The van der Waals surface area contributed by atoms with E-state index in [1.165, 1.54) is 5.56 Å². The quantitative estimate of drug-likeness (QED) is 0.465. The number of anilines is 1. The summed E-state index contributed by atoms with van der Waals surface area (Å²) in [5.41, 5.74) is 5.98. The molecule has 3 nitrogen and oxygen atoms in total. The average Bonchev–Trinajstić information content (AvgIpc) is 2.59. The van der Waals surface area contributed by atoms with E-state index in [1.807, 2.05) is 72.8 Å². The zero-order valence-corrected chi connectivity index (χ0v) is 14.0. The van der Waals surface area contributed by atoms with Crippen LogP contribution < -0.4 is 10.2 Å². The van der Waals surface area contributed by atoms with Crippen molar-refractivity contribution in [1.82, 2.24) is 0 Å². The van der Waals surface area contributed by atoms with Gasteiger partial charge in [-0.05, 0) is 67.1 Å². The predicted molar refractivity (Wildman–Crippen MR) is 100 cm³/mol. The molecule has 0 aliphatic rings. The maximum atomic E-state index is 5.93. The first kappa shape index (κ1) is 16.1. The minimum absolute atomic E-state index is 0.674. The summed E-state index contributed by atoms with van der Waals surface area (Å²) in [6.07, 6.45) is 1.75. The Bertz CT molecular complexity index is 827. The highest BCUT2D eigenvalue weighted by molar-refractivity contribution is 6.30. The molecule has 0 aliphatic heterocycles. The fourth-order valence-electron chi connectivity index (χ4n) is 2.10. The third kappa shape index (κ3) is 4.61. The maximum Gasteiger partial charge on any atom is 0.127 e. The van der Waals surface area contributed by atoms with Crippen LogP contribution in [0.15, 0.2) is 77.9 Å². The number of rotatable bonds is 5. The lowest BCUT2D eigenvalue weighted by Crippen LogP contribution is -1.90. The number of hydrogen-bond acceptors (Lipinski definition) is 3. The van der Waals surface area contributed by atoms with E-state index < -0.39 is 0 Å². The SMILES string of the molecule is Cc1ccc(Oc2ccc(C=NNc3cccc(Cl)c3)cc2)cc1. The molecule has 0 fully saturated rings. The van der Waals surface area contributed by atoms with E-state index in [4.69, 9.17) is 16.3 Å². The Kier molecular flexibility index (Phi) is 5.14. The Morgan fingerprint density at radius 1 is 0.917 bits per heavy atom. The molecule has 0 spiro atoms. The zero-order valence-electron chi connectivity index (χ0n) is 13.2. The van der Waals surface area contributed by atoms with Gasteiger partial charge in [-0.3, -0.25) is 5.43 Å². The molecule has 3 rings (SSSR count). The van der Waals surface area contributed by atoms with Crippen LogP contribution in [0.2, 0.25) is 5.02 Å². The van der Waals surface area contributed by atoms with Crippen molar-refractivity contribution in [3.63, 3.8) is 0 Å². The first-order chi connectivity index (χ1) is 11.7. The molecule has 0 radical (unpaired) electrons. The van der Waals surface area contributed by atoms with Crippen LogP contribution in [0.4, 0.5) is 5.69 Å². The lowest BCUT2D eigenvalue weighted by atomic mass is 10.2. The van der Waals surface area contributed by atoms with E-state index in [0.29, 0.717) is 5.02 Å². The lowest BCUT2D eigenvalue weighted by Gasteiger charge is -2.06. The van der Waals surface area contributed by atoms with Crippen LogP contribution in [0.3, 0.4) is 0 Å². The van der Waals surface area contributed by atoms with Crippen molar-refractivity contribution in [2.24, 2.45) is 5.10 Å². The number of hydrogen-bond donors (Lipinski definition) is 1. The highest BCUT2D eigenvalue weighted by Crippen LogP contribution is 2.21. The van der Waals surface area contributed by atoms with E-state index in [0.717, 1.165) is 22.7 Å². The van der Waals surface area contributed by atoms with Crippen LogP contribution in [0.25, 0.3) is 0 Å². The van der Waals surface area contributed by atoms with Crippen molar-refractivity contribution in [3.05, 3.63) is 88.9 Å². The van der Waals surface area contributed by atoms with E-state index >= 15 is 0 Å². The third-order valence-electron chi connectivity index (χ3n) is 3.37. The van der Waals surface area contributed by atoms with Crippen molar-refractivity contribution < 1.29 is 4.74 Å². The van der Waals surface area contributed by atoms with Gasteiger partial charge in [-0.1, -0.05) is 35.4 Å². The van der Waals surface area contributed by atoms with Crippen LogP contribution in [0, 0.1) is 6.92 Å². The Morgan fingerprint density at radius 2 is 1.58 bits per heavy atom. The normalized spacial score (nSPS) is 10.8. The molecule has 0 amide bonds. The molecule has 24 heavy (non-hydrogen) atoms. The summed E-state index contributed by atoms with van der Waals surface area (Å²) < 4.78 is 5.80. The highest BCUT2D eigenvalue weighted by atomic mass is 35.5. The molecule has 120 valence electrons. The molecular weight excluding hydrogens is 320 g/mol. The first-order valence-electron chi connectivity index (χ1n) is 7.58. The molecular formula is C20H17ClN2O. The van der Waals surface area contributed by atoms with Gasteiger partial charge in [-0.15, -0.1) is 0 Å². The number of aryl methyl sites for hydroxylation is 1. The molecule has 4 heteroatoms. The number of hydrazone groups is 1. The molecule has 0 atom stereocenters. The summed E-state index contributed by atoms with van der Waals surface area (Å²) in [7, 11) is 0. The van der Waals surface area contributed by atoms with Gasteiger partial charge in [-0.25, -0.2) is 0 Å². The summed E-state index contributed by atoms with van der Waals surface area (Å²) >= 11 is 5.93. The van der Waals surface area contributed by atoms with E-state index in [-0.39, 0.29) is 0 Å². The Morgan fingerprint density at radius 3 is 2.25 bits per heavy atom. The summed E-state index contributed by atoms with van der Waals surface area (Å²) in [6, 6.07) is 23.1. The molecule has 3 aromatic rings. The van der Waals surface area contributed by atoms with Crippen LogP contribution in [-0.2, 0) is 0 Å². The van der Waals surface area contributed by atoms with E-state index in [9.17, 15) is 0 Å². The van der Waals surface area contributed by atoms with Crippen molar-refractivity contribution in [1.29, 1.82) is 0 Å².